The van der Waals surface area contributed by atoms with E-state index >= 15 is 13.2 Å². The van der Waals surface area contributed by atoms with Crippen molar-refractivity contribution in [2.45, 2.75) is 135 Å². The van der Waals surface area contributed by atoms with Crippen LogP contribution in [0, 0.1) is 0 Å². The second kappa shape index (κ2) is 28.7. The maximum atomic E-state index is 16.0. The number of anilines is 3. The van der Waals surface area contributed by atoms with E-state index in [9.17, 15) is 28.1 Å². The third kappa shape index (κ3) is 14.7. The Morgan fingerprint density at radius 2 is 0.729 bits per heavy atom. The molecule has 6 aromatic heterocycles. The van der Waals surface area contributed by atoms with Crippen molar-refractivity contribution in [3.8, 4) is 17.6 Å². The number of hydrogen-bond acceptors (Lipinski definition) is 36. The molecule has 0 saturated carbocycles. The lowest BCUT2D eigenvalue weighted by Crippen LogP contribution is -2.44. The van der Waals surface area contributed by atoms with Crippen molar-refractivity contribution in [2.75, 3.05) is 96.5 Å². The molecule has 6 aliphatic rings. The van der Waals surface area contributed by atoms with E-state index in [-0.39, 0.29) is 109 Å². The van der Waals surface area contributed by atoms with Crippen LogP contribution >= 0.6 is 23.5 Å². The average Bonchev–Trinajstić information content (AvgIpc) is 1.59. The Morgan fingerprint density at radius 1 is 0.469 bits per heavy atom. The molecule has 528 valence electrons. The van der Waals surface area contributed by atoms with Gasteiger partial charge in [-0.2, -0.15) is 29.9 Å². The fourth-order valence-electron chi connectivity index (χ4n) is 10.7. The van der Waals surface area contributed by atoms with E-state index in [0.717, 1.165) is 0 Å². The summed E-state index contributed by atoms with van der Waals surface area (Å²) < 4.78 is 185. The number of alkyl halides is 3. The molecule has 0 spiro atoms. The summed E-state index contributed by atoms with van der Waals surface area (Å²) in [5, 5.41) is 0. The molecule has 15 atom stereocenters. The number of halogens is 3. The maximum Gasteiger partial charge on any atom is 0.475 e. The van der Waals surface area contributed by atoms with Crippen LogP contribution in [0.2, 0.25) is 0 Å². The van der Waals surface area contributed by atoms with Gasteiger partial charge in [-0.05, 0) is 62.3 Å². The molecule has 45 heteroatoms. The fraction of sp³-hybridized carbons (Fsp3) is 0.647. The lowest BCUT2D eigenvalue weighted by Gasteiger charge is -2.33. The van der Waals surface area contributed by atoms with Gasteiger partial charge in [-0.25, -0.2) is 56.2 Å². The number of hydrogen-bond donors (Lipinski definition) is 3. The highest BCUT2D eigenvalue weighted by Crippen LogP contribution is 2.62. The summed E-state index contributed by atoms with van der Waals surface area (Å²) in [7, 11) is -12.7. The zero-order valence-corrected chi connectivity index (χ0v) is 55.5. The molecule has 12 rings (SSSR count). The first-order valence-corrected chi connectivity index (χ1v) is 34.0. The Bertz CT molecular complexity index is 3590. The molecule has 1 unspecified atom stereocenters. The first-order valence-electron chi connectivity index (χ1n) is 29.7. The topological polar surface area (TPSA) is 477 Å². The summed E-state index contributed by atoms with van der Waals surface area (Å²) in [4.78, 5) is 71.5. The number of aromatic nitrogens is 12. The first-order chi connectivity index (χ1) is 45.5. The summed E-state index contributed by atoms with van der Waals surface area (Å²) in [6, 6.07) is 0. The van der Waals surface area contributed by atoms with E-state index in [1.165, 1.54) is 53.5 Å². The number of nitrogens with zero attached hydrogens (tertiary/aromatic N) is 12. The molecule has 6 aliphatic heterocycles. The van der Waals surface area contributed by atoms with Gasteiger partial charge in [0, 0.05) is 0 Å². The number of fused-ring (bicyclic) bond motifs is 6. The highest BCUT2D eigenvalue weighted by Gasteiger charge is 2.65. The van der Waals surface area contributed by atoms with Crippen LogP contribution in [0.5, 0.6) is 17.6 Å². The Balaban J connectivity index is 0.000000157. The van der Waals surface area contributed by atoms with Gasteiger partial charge in [0.1, 0.15) is 36.6 Å². The van der Waals surface area contributed by atoms with Gasteiger partial charge in [-0.3, -0.25) is 54.4 Å². The standard InChI is InChI=1S/3C17H23FN5O8P/c3*1-4-26-10(24)7-29-32(25)28-6-9-12(31-32)17(3,18)15(30-9)23-8-20-11-13(23)21-16(19)22-14(11)27-5-2/h3*8-9,12,15H,4-7H2,1-3H3,(H2,19,21,22)/t9-,12-,15-,17-,32?;9-,12-,15-,17-,32+;9-,12-,15-,17-,32-/m111/s1. The van der Waals surface area contributed by atoms with Crippen molar-refractivity contribution < 1.29 is 125 Å². The van der Waals surface area contributed by atoms with Crippen molar-refractivity contribution >= 4 is 92.7 Å². The number of esters is 3. The van der Waals surface area contributed by atoms with E-state index < -0.39 is 134 Å². The summed E-state index contributed by atoms with van der Waals surface area (Å²) in [5.74, 6) is -2.07. The molecular weight excluding hydrogens is 1360 g/mol. The number of phosphoric ester groups is 3. The molecule has 0 bridgehead atoms. The Morgan fingerprint density at radius 3 is 0.969 bits per heavy atom. The molecule has 0 aromatic carbocycles. The summed E-state index contributed by atoms with van der Waals surface area (Å²) in [6.07, 6.45) is -6.56. The number of carbonyl (C=O) groups is 3. The Hall–Kier alpha value is -7.14. The van der Waals surface area contributed by atoms with Gasteiger partial charge in [0.25, 0.3) is 0 Å². The van der Waals surface area contributed by atoms with Gasteiger partial charge in [-0.1, -0.05) is 0 Å². The van der Waals surface area contributed by atoms with Crippen LogP contribution in [0.15, 0.2) is 19.0 Å². The number of carbonyl (C=O) groups excluding carboxylic acids is 3. The SMILES string of the molecule is CCOC(=O)COP1(=O)OC[C@H]2O[C@@H](n3cnc4c(OCC)nc(N)nc43)[C@](C)(F)[C@@H]2O1.CCOC(=O)CO[P@@]1(=O)OC[C@H]2O[C@@H](n3cnc4c(OCC)nc(N)nc43)[C@](C)(F)[C@@H]2O1.CCOC(=O)CO[P@]1(=O)OC[C@H]2O[C@@H](n3cnc4c(OCC)nc(N)nc43)[C@](C)(F)[C@@H]2O1. The lowest BCUT2D eigenvalue weighted by atomic mass is 9.98. The quantitative estimate of drug-likeness (QED) is 0.0503. The van der Waals surface area contributed by atoms with Crippen LogP contribution in [-0.2, 0) is 97.2 Å². The molecule has 6 N–H and O–H groups in total. The lowest BCUT2D eigenvalue weighted by molar-refractivity contribution is -0.147. The molecule has 0 aliphatic carbocycles. The van der Waals surface area contributed by atoms with Crippen LogP contribution in [0.1, 0.15) is 81.0 Å². The number of phosphoric acid groups is 3. The molecule has 0 radical (unpaired) electrons. The molecule has 96 heavy (non-hydrogen) atoms. The number of nitrogen functional groups attached to an aromatic ring is 3. The minimum absolute atomic E-state index is 0.0878. The minimum Gasteiger partial charge on any atom is -0.476 e. The molecule has 39 nitrogen and oxygen atoms in total. The maximum absolute atomic E-state index is 16.0. The van der Waals surface area contributed by atoms with Crippen LogP contribution in [-0.4, -0.2) is 209 Å². The van der Waals surface area contributed by atoms with Gasteiger partial charge >= 0.3 is 41.4 Å². The number of nitrogens with two attached hydrogens (primary N) is 3. The van der Waals surface area contributed by atoms with Gasteiger partial charge in [0.2, 0.25) is 35.5 Å². The van der Waals surface area contributed by atoms with E-state index in [2.05, 4.69) is 44.9 Å². The Kier molecular flexibility index (Phi) is 21.4. The zero-order chi connectivity index (χ0) is 69.3. The average molecular weight is 1430 g/mol. The van der Waals surface area contributed by atoms with E-state index in [0.29, 0.717) is 19.8 Å². The summed E-state index contributed by atoms with van der Waals surface area (Å²) in [5.41, 5.74) is 12.1. The third-order valence-corrected chi connectivity index (χ3v) is 18.9. The highest BCUT2D eigenvalue weighted by atomic mass is 31.2. The van der Waals surface area contributed by atoms with E-state index in [4.69, 9.17) is 101 Å². The predicted octanol–water partition coefficient (Wildman–Crippen LogP) is 4.61. The van der Waals surface area contributed by atoms with Crippen molar-refractivity contribution in [1.82, 2.24) is 58.6 Å². The zero-order valence-electron chi connectivity index (χ0n) is 52.8. The molecule has 0 amide bonds. The van der Waals surface area contributed by atoms with Crippen molar-refractivity contribution in [1.29, 1.82) is 0 Å². The van der Waals surface area contributed by atoms with Crippen molar-refractivity contribution in [3.05, 3.63) is 19.0 Å². The van der Waals surface area contributed by atoms with Crippen LogP contribution < -0.4 is 31.4 Å². The number of ether oxygens (including phenoxy) is 9. The van der Waals surface area contributed by atoms with Gasteiger partial charge in [-0.15, -0.1) is 0 Å². The molecule has 6 fully saturated rings. The van der Waals surface area contributed by atoms with Crippen LogP contribution in [0.25, 0.3) is 33.5 Å². The molecule has 12 heterocycles. The number of imidazole rings is 3. The predicted molar refractivity (Wildman–Crippen MR) is 316 cm³/mol. The first kappa shape index (κ1) is 71.6. The third-order valence-electron chi connectivity index (χ3n) is 14.7. The summed E-state index contributed by atoms with van der Waals surface area (Å²) >= 11 is 0. The Labute approximate surface area is 542 Å². The molecular formula is C51H69F3N15O24P3. The second-order valence-electron chi connectivity index (χ2n) is 21.5. The molecule has 6 saturated heterocycles. The summed E-state index contributed by atoms with van der Waals surface area (Å²) in [6.45, 7) is 12.3. The second-order valence-corrected chi connectivity index (χ2v) is 26.4. The normalized spacial score (nSPS) is 32.1. The van der Waals surface area contributed by atoms with Crippen molar-refractivity contribution in [3.63, 3.8) is 0 Å². The minimum atomic E-state index is -4.23. The highest BCUT2D eigenvalue weighted by molar-refractivity contribution is 7.49. The molecule has 6 aromatic rings. The van der Waals surface area contributed by atoms with E-state index in [1.54, 1.807) is 41.5 Å². The van der Waals surface area contributed by atoms with Crippen LogP contribution in [0.4, 0.5) is 31.0 Å². The number of rotatable bonds is 21. The van der Waals surface area contributed by atoms with Gasteiger partial charge in [0.15, 0.2) is 89.0 Å². The van der Waals surface area contributed by atoms with Gasteiger partial charge in [0.05, 0.1) is 78.4 Å². The van der Waals surface area contributed by atoms with Crippen LogP contribution in [0.3, 0.4) is 0 Å². The largest absolute Gasteiger partial charge is 0.476 e. The monoisotopic (exact) mass is 1430 g/mol. The van der Waals surface area contributed by atoms with Crippen molar-refractivity contribution in [2.24, 2.45) is 0 Å². The fourth-order valence-corrected chi connectivity index (χ4v) is 14.9. The van der Waals surface area contributed by atoms with Gasteiger partial charge < -0.3 is 59.8 Å². The smallest absolute Gasteiger partial charge is 0.475 e. The van der Waals surface area contributed by atoms with E-state index in [1.807, 2.05) is 0 Å².